The minimum Gasteiger partial charge on any atom is -0.381 e. The molecular formula is C14H19FN2O2. The molecule has 4 nitrogen and oxygen atoms in total. The Labute approximate surface area is 112 Å². The van der Waals surface area contributed by atoms with Crippen molar-refractivity contribution in [2.24, 2.45) is 11.1 Å². The van der Waals surface area contributed by atoms with Crippen LogP contribution in [0.15, 0.2) is 24.3 Å². The second-order valence-electron chi connectivity index (χ2n) is 4.99. The minimum atomic E-state index is -0.536. The van der Waals surface area contributed by atoms with E-state index in [-0.39, 0.29) is 11.7 Å². The van der Waals surface area contributed by atoms with Crippen LogP contribution in [0.4, 0.5) is 4.39 Å². The number of amides is 1. The normalized spacial score (nSPS) is 18.2. The van der Waals surface area contributed by atoms with Crippen molar-refractivity contribution in [1.29, 1.82) is 0 Å². The van der Waals surface area contributed by atoms with Crippen molar-refractivity contribution in [3.05, 3.63) is 35.6 Å². The number of primary amides is 1. The Morgan fingerprint density at radius 3 is 2.79 bits per heavy atom. The molecule has 0 unspecified atom stereocenters. The number of nitrogens with two attached hydrogens (primary N) is 1. The molecule has 1 heterocycles. The summed E-state index contributed by atoms with van der Waals surface area (Å²) in [4.78, 5) is 11.6. The molecule has 0 radical (unpaired) electrons. The molecular weight excluding hydrogens is 247 g/mol. The van der Waals surface area contributed by atoms with Gasteiger partial charge in [-0.25, -0.2) is 4.39 Å². The molecule has 0 saturated carbocycles. The second kappa shape index (κ2) is 6.12. The van der Waals surface area contributed by atoms with E-state index in [4.69, 9.17) is 10.5 Å². The summed E-state index contributed by atoms with van der Waals surface area (Å²) in [5, 5.41) is 3.20. The van der Waals surface area contributed by atoms with Crippen molar-refractivity contribution >= 4 is 5.91 Å². The van der Waals surface area contributed by atoms with Crippen LogP contribution in [0.25, 0.3) is 0 Å². The predicted octanol–water partition coefficient (Wildman–Crippen LogP) is 1.20. The van der Waals surface area contributed by atoms with Crippen LogP contribution in [-0.2, 0) is 16.1 Å². The average molecular weight is 266 g/mol. The van der Waals surface area contributed by atoms with E-state index < -0.39 is 5.41 Å². The second-order valence-corrected chi connectivity index (χ2v) is 4.99. The van der Waals surface area contributed by atoms with E-state index in [1.165, 1.54) is 12.1 Å². The van der Waals surface area contributed by atoms with Gasteiger partial charge in [0.15, 0.2) is 0 Å². The maximum atomic E-state index is 13.0. The van der Waals surface area contributed by atoms with Crippen LogP contribution < -0.4 is 11.1 Å². The Kier molecular flexibility index (Phi) is 4.50. The van der Waals surface area contributed by atoms with Gasteiger partial charge in [-0.2, -0.15) is 0 Å². The fourth-order valence-corrected chi connectivity index (χ4v) is 2.37. The highest BCUT2D eigenvalue weighted by atomic mass is 19.1. The lowest BCUT2D eigenvalue weighted by molar-refractivity contribution is -0.132. The van der Waals surface area contributed by atoms with Gasteiger partial charge in [0.05, 0.1) is 5.41 Å². The molecule has 1 amide bonds. The monoisotopic (exact) mass is 266 g/mol. The minimum absolute atomic E-state index is 0.255. The lowest BCUT2D eigenvalue weighted by Gasteiger charge is -2.34. The van der Waals surface area contributed by atoms with E-state index in [0.717, 1.165) is 5.56 Å². The third-order valence-electron chi connectivity index (χ3n) is 3.65. The number of nitrogens with one attached hydrogen (secondary N) is 1. The summed E-state index contributed by atoms with van der Waals surface area (Å²) in [6, 6.07) is 6.41. The number of carbonyl (C=O) groups excluding carboxylic acids is 1. The molecule has 0 aromatic heterocycles. The summed E-state index contributed by atoms with van der Waals surface area (Å²) in [6.45, 7) is 2.14. The van der Waals surface area contributed by atoms with Gasteiger partial charge in [-0.3, -0.25) is 4.79 Å². The zero-order valence-corrected chi connectivity index (χ0v) is 10.8. The Morgan fingerprint density at radius 2 is 2.16 bits per heavy atom. The van der Waals surface area contributed by atoms with Crippen LogP contribution >= 0.6 is 0 Å². The Hall–Kier alpha value is -1.46. The first-order chi connectivity index (χ1) is 9.12. The first-order valence-corrected chi connectivity index (χ1v) is 6.45. The smallest absolute Gasteiger partial charge is 0.225 e. The molecule has 1 saturated heterocycles. The summed E-state index contributed by atoms with van der Waals surface area (Å²) in [5.41, 5.74) is 5.83. The van der Waals surface area contributed by atoms with Crippen LogP contribution in [-0.4, -0.2) is 25.7 Å². The summed E-state index contributed by atoms with van der Waals surface area (Å²) in [7, 11) is 0. The third-order valence-corrected chi connectivity index (χ3v) is 3.65. The Bertz CT molecular complexity index is 445. The number of ether oxygens (including phenoxy) is 1. The van der Waals surface area contributed by atoms with Crippen LogP contribution in [0.5, 0.6) is 0 Å². The maximum Gasteiger partial charge on any atom is 0.225 e. The Balaban J connectivity index is 1.91. The fraction of sp³-hybridized carbons (Fsp3) is 0.500. The van der Waals surface area contributed by atoms with Gasteiger partial charge in [-0.15, -0.1) is 0 Å². The van der Waals surface area contributed by atoms with Gasteiger partial charge in [0.25, 0.3) is 0 Å². The molecule has 1 aliphatic rings. The molecule has 0 atom stereocenters. The molecule has 1 aromatic rings. The molecule has 3 N–H and O–H groups in total. The zero-order chi connectivity index (χ0) is 13.7. The molecule has 19 heavy (non-hydrogen) atoms. The van der Waals surface area contributed by atoms with Crippen molar-refractivity contribution in [1.82, 2.24) is 5.32 Å². The lowest BCUT2D eigenvalue weighted by atomic mass is 9.79. The fourth-order valence-electron chi connectivity index (χ4n) is 2.37. The topological polar surface area (TPSA) is 64.4 Å². The molecule has 0 bridgehead atoms. The van der Waals surface area contributed by atoms with Crippen LogP contribution in [0.3, 0.4) is 0 Å². The highest BCUT2D eigenvalue weighted by Gasteiger charge is 2.37. The van der Waals surface area contributed by atoms with Crippen molar-refractivity contribution in [2.75, 3.05) is 19.8 Å². The SMILES string of the molecule is NC(=O)C1(CNCc2cccc(F)c2)CCOCC1. The number of carbonyl (C=O) groups is 1. The van der Waals surface area contributed by atoms with Gasteiger partial charge >= 0.3 is 0 Å². The quantitative estimate of drug-likeness (QED) is 0.841. The standard InChI is InChI=1S/C14H19FN2O2/c15-12-3-1-2-11(8-12)9-17-10-14(13(16)18)4-6-19-7-5-14/h1-3,8,17H,4-7,9-10H2,(H2,16,18). The molecule has 0 spiro atoms. The molecule has 104 valence electrons. The van der Waals surface area contributed by atoms with E-state index in [1.54, 1.807) is 6.07 Å². The summed E-state index contributed by atoms with van der Waals surface area (Å²) in [6.07, 6.45) is 1.27. The van der Waals surface area contributed by atoms with Gasteiger partial charge in [0.1, 0.15) is 5.82 Å². The van der Waals surface area contributed by atoms with Gasteiger partial charge in [-0.05, 0) is 30.5 Å². The molecule has 2 rings (SSSR count). The number of hydrogen-bond donors (Lipinski definition) is 2. The van der Waals surface area contributed by atoms with Crippen molar-refractivity contribution in [2.45, 2.75) is 19.4 Å². The van der Waals surface area contributed by atoms with E-state index >= 15 is 0 Å². The first kappa shape index (κ1) is 14.0. The summed E-state index contributed by atoms with van der Waals surface area (Å²) < 4.78 is 18.3. The van der Waals surface area contributed by atoms with Crippen LogP contribution in [0, 0.1) is 11.2 Å². The van der Waals surface area contributed by atoms with Crippen molar-refractivity contribution < 1.29 is 13.9 Å². The lowest BCUT2D eigenvalue weighted by Crippen LogP contribution is -2.48. The molecule has 5 heteroatoms. The largest absolute Gasteiger partial charge is 0.381 e. The van der Waals surface area contributed by atoms with Crippen LogP contribution in [0.2, 0.25) is 0 Å². The van der Waals surface area contributed by atoms with Gasteiger partial charge in [0.2, 0.25) is 5.91 Å². The van der Waals surface area contributed by atoms with Crippen molar-refractivity contribution in [3.8, 4) is 0 Å². The van der Waals surface area contributed by atoms with Gasteiger partial charge in [-0.1, -0.05) is 12.1 Å². The average Bonchev–Trinajstić information content (AvgIpc) is 2.40. The van der Waals surface area contributed by atoms with Crippen LogP contribution in [0.1, 0.15) is 18.4 Å². The first-order valence-electron chi connectivity index (χ1n) is 6.45. The number of rotatable bonds is 5. The highest BCUT2D eigenvalue weighted by Crippen LogP contribution is 2.29. The molecule has 1 aliphatic heterocycles. The van der Waals surface area contributed by atoms with Gasteiger partial charge < -0.3 is 15.8 Å². The highest BCUT2D eigenvalue weighted by molar-refractivity contribution is 5.81. The van der Waals surface area contributed by atoms with Crippen molar-refractivity contribution in [3.63, 3.8) is 0 Å². The van der Waals surface area contributed by atoms with E-state index in [9.17, 15) is 9.18 Å². The summed E-state index contributed by atoms with van der Waals surface area (Å²) >= 11 is 0. The Morgan fingerprint density at radius 1 is 1.42 bits per heavy atom. The molecule has 0 aliphatic carbocycles. The number of benzene rings is 1. The van der Waals surface area contributed by atoms with E-state index in [1.807, 2.05) is 6.07 Å². The number of halogens is 1. The summed E-state index contributed by atoms with van der Waals surface area (Å²) in [5.74, 6) is -0.544. The predicted molar refractivity (Wildman–Crippen MR) is 69.8 cm³/mol. The van der Waals surface area contributed by atoms with E-state index in [2.05, 4.69) is 5.32 Å². The third kappa shape index (κ3) is 3.52. The molecule has 1 aromatic carbocycles. The van der Waals surface area contributed by atoms with E-state index in [0.29, 0.717) is 39.1 Å². The zero-order valence-electron chi connectivity index (χ0n) is 10.8. The maximum absolute atomic E-state index is 13.0. The van der Waals surface area contributed by atoms with Gasteiger partial charge in [0, 0.05) is 26.3 Å². The number of hydrogen-bond acceptors (Lipinski definition) is 3. The molecule has 1 fully saturated rings.